The second kappa shape index (κ2) is 8.47. The summed E-state index contributed by atoms with van der Waals surface area (Å²) in [5, 5.41) is 3.38. The molecule has 0 radical (unpaired) electrons. The SMILES string of the molecule is Cc1cc(C)nc(Oc2ccc(NC(=O)/C=C/c3ccccc3Cl)cc2)n1. The van der Waals surface area contributed by atoms with Crippen molar-refractivity contribution in [2.24, 2.45) is 0 Å². The van der Waals surface area contributed by atoms with Crippen molar-refractivity contribution in [3.8, 4) is 11.8 Å². The molecule has 27 heavy (non-hydrogen) atoms. The molecule has 0 aliphatic heterocycles. The average molecular weight is 380 g/mol. The Bertz CT molecular complexity index is 965. The number of aromatic nitrogens is 2. The number of halogens is 1. The first-order valence-corrected chi connectivity index (χ1v) is 8.71. The third-order valence-electron chi connectivity index (χ3n) is 3.61. The molecule has 0 spiro atoms. The fourth-order valence-corrected chi connectivity index (χ4v) is 2.61. The normalized spacial score (nSPS) is 10.8. The van der Waals surface area contributed by atoms with Crippen molar-refractivity contribution in [2.45, 2.75) is 13.8 Å². The van der Waals surface area contributed by atoms with Gasteiger partial charge in [-0.15, -0.1) is 0 Å². The first kappa shape index (κ1) is 18.6. The first-order valence-electron chi connectivity index (χ1n) is 8.33. The highest BCUT2D eigenvalue weighted by atomic mass is 35.5. The molecular weight excluding hydrogens is 362 g/mol. The lowest BCUT2D eigenvalue weighted by Gasteiger charge is -2.07. The van der Waals surface area contributed by atoms with Gasteiger partial charge in [-0.3, -0.25) is 4.79 Å². The molecule has 0 aliphatic rings. The third-order valence-corrected chi connectivity index (χ3v) is 3.96. The predicted octanol–water partition coefficient (Wildman–Crippen LogP) is 5.19. The van der Waals surface area contributed by atoms with Crippen LogP contribution in [0.1, 0.15) is 17.0 Å². The molecule has 1 heterocycles. The molecule has 1 N–H and O–H groups in total. The predicted molar refractivity (Wildman–Crippen MR) is 107 cm³/mol. The Morgan fingerprint density at radius 1 is 1.04 bits per heavy atom. The molecular formula is C21H18ClN3O2. The minimum absolute atomic E-state index is 0.249. The van der Waals surface area contributed by atoms with Crippen LogP contribution in [0, 0.1) is 13.8 Å². The Morgan fingerprint density at radius 3 is 2.37 bits per heavy atom. The number of carbonyl (C=O) groups is 1. The Morgan fingerprint density at radius 2 is 1.70 bits per heavy atom. The zero-order valence-electron chi connectivity index (χ0n) is 14.9. The van der Waals surface area contributed by atoms with Crippen LogP contribution in [0.25, 0.3) is 6.08 Å². The van der Waals surface area contributed by atoms with Crippen LogP contribution in [0.4, 0.5) is 5.69 Å². The number of amides is 1. The van der Waals surface area contributed by atoms with Gasteiger partial charge in [-0.05, 0) is 61.9 Å². The van der Waals surface area contributed by atoms with E-state index >= 15 is 0 Å². The van der Waals surface area contributed by atoms with E-state index in [0.29, 0.717) is 22.5 Å². The third kappa shape index (κ3) is 5.39. The summed E-state index contributed by atoms with van der Waals surface area (Å²) in [6.07, 6.45) is 3.11. The molecule has 0 aliphatic carbocycles. The van der Waals surface area contributed by atoms with Crippen molar-refractivity contribution in [2.75, 3.05) is 5.32 Å². The molecule has 1 aromatic heterocycles. The minimum atomic E-state index is -0.249. The molecule has 136 valence electrons. The number of nitrogens with one attached hydrogen (secondary N) is 1. The Hall–Kier alpha value is -3.18. The Labute approximate surface area is 162 Å². The van der Waals surface area contributed by atoms with Crippen molar-refractivity contribution < 1.29 is 9.53 Å². The fraction of sp³-hybridized carbons (Fsp3) is 0.0952. The maximum absolute atomic E-state index is 12.1. The van der Waals surface area contributed by atoms with E-state index in [9.17, 15) is 4.79 Å². The summed E-state index contributed by atoms with van der Waals surface area (Å²) in [6, 6.07) is 16.5. The van der Waals surface area contributed by atoms with Gasteiger partial charge in [0.15, 0.2) is 0 Å². The van der Waals surface area contributed by atoms with Crippen LogP contribution in [0.15, 0.2) is 60.7 Å². The average Bonchev–Trinajstić information content (AvgIpc) is 2.62. The van der Waals surface area contributed by atoms with E-state index in [4.69, 9.17) is 16.3 Å². The molecule has 3 aromatic rings. The number of anilines is 1. The van der Waals surface area contributed by atoms with Gasteiger partial charge in [-0.1, -0.05) is 29.8 Å². The van der Waals surface area contributed by atoms with Gasteiger partial charge in [-0.25, -0.2) is 9.97 Å². The fourth-order valence-electron chi connectivity index (χ4n) is 2.41. The van der Waals surface area contributed by atoms with E-state index in [0.717, 1.165) is 17.0 Å². The van der Waals surface area contributed by atoms with Gasteiger partial charge in [-0.2, -0.15) is 0 Å². The molecule has 0 fully saturated rings. The lowest BCUT2D eigenvalue weighted by atomic mass is 10.2. The summed E-state index contributed by atoms with van der Waals surface area (Å²) < 4.78 is 5.65. The number of hydrogen-bond donors (Lipinski definition) is 1. The number of rotatable bonds is 5. The largest absolute Gasteiger partial charge is 0.424 e. The van der Waals surface area contributed by atoms with E-state index in [-0.39, 0.29) is 5.91 Å². The topological polar surface area (TPSA) is 64.1 Å². The van der Waals surface area contributed by atoms with Gasteiger partial charge in [0, 0.05) is 28.2 Å². The van der Waals surface area contributed by atoms with Crippen LogP contribution in [0.2, 0.25) is 5.02 Å². The molecule has 3 rings (SSSR count). The molecule has 0 atom stereocenters. The van der Waals surface area contributed by atoms with Crippen LogP contribution in [0.3, 0.4) is 0 Å². The Balaban J connectivity index is 1.61. The second-order valence-electron chi connectivity index (χ2n) is 5.90. The highest BCUT2D eigenvalue weighted by Crippen LogP contribution is 2.21. The van der Waals surface area contributed by atoms with E-state index in [1.807, 2.05) is 38.1 Å². The zero-order chi connectivity index (χ0) is 19.2. The van der Waals surface area contributed by atoms with Gasteiger partial charge in [0.2, 0.25) is 5.91 Å². The molecule has 0 unspecified atom stereocenters. The van der Waals surface area contributed by atoms with Gasteiger partial charge in [0.1, 0.15) is 5.75 Å². The molecule has 0 saturated heterocycles. The van der Waals surface area contributed by atoms with Gasteiger partial charge in [0.25, 0.3) is 0 Å². The van der Waals surface area contributed by atoms with E-state index in [2.05, 4.69) is 15.3 Å². The zero-order valence-corrected chi connectivity index (χ0v) is 15.7. The smallest absolute Gasteiger partial charge is 0.322 e. The summed E-state index contributed by atoms with van der Waals surface area (Å²) in [6.45, 7) is 3.77. The first-order chi connectivity index (χ1) is 13.0. The summed E-state index contributed by atoms with van der Waals surface area (Å²) in [7, 11) is 0. The Kier molecular flexibility index (Phi) is 5.84. The number of carbonyl (C=O) groups excluding carboxylic acids is 1. The highest BCUT2D eigenvalue weighted by molar-refractivity contribution is 6.32. The van der Waals surface area contributed by atoms with Gasteiger partial charge >= 0.3 is 6.01 Å². The summed E-state index contributed by atoms with van der Waals surface area (Å²) >= 11 is 6.06. The number of nitrogens with zero attached hydrogens (tertiary/aromatic N) is 2. The lowest BCUT2D eigenvalue weighted by molar-refractivity contribution is -0.111. The number of ether oxygens (including phenoxy) is 1. The maximum atomic E-state index is 12.1. The van der Waals surface area contributed by atoms with E-state index in [1.165, 1.54) is 6.08 Å². The highest BCUT2D eigenvalue weighted by Gasteiger charge is 2.04. The van der Waals surface area contributed by atoms with Crippen LogP contribution >= 0.6 is 11.6 Å². The molecule has 1 amide bonds. The maximum Gasteiger partial charge on any atom is 0.322 e. The minimum Gasteiger partial charge on any atom is -0.424 e. The van der Waals surface area contributed by atoms with Crippen molar-refractivity contribution >= 4 is 29.3 Å². The monoisotopic (exact) mass is 379 g/mol. The summed E-state index contributed by atoms with van der Waals surface area (Å²) in [5.74, 6) is 0.339. The van der Waals surface area contributed by atoms with Crippen molar-refractivity contribution in [3.05, 3.63) is 82.6 Å². The number of aryl methyl sites for hydroxylation is 2. The van der Waals surface area contributed by atoms with Crippen molar-refractivity contribution in [1.29, 1.82) is 0 Å². The number of hydrogen-bond acceptors (Lipinski definition) is 4. The lowest BCUT2D eigenvalue weighted by Crippen LogP contribution is -2.07. The van der Waals surface area contributed by atoms with E-state index in [1.54, 1.807) is 36.4 Å². The van der Waals surface area contributed by atoms with Crippen molar-refractivity contribution in [3.63, 3.8) is 0 Å². The summed E-state index contributed by atoms with van der Waals surface area (Å²) in [5.41, 5.74) is 3.11. The molecule has 0 bridgehead atoms. The quantitative estimate of drug-likeness (QED) is 0.619. The standard InChI is InChI=1S/C21H18ClN3O2/c1-14-13-15(2)24-21(23-14)27-18-10-8-17(9-11-18)25-20(26)12-7-16-5-3-4-6-19(16)22/h3-13H,1-2H3,(H,25,26)/b12-7+. The second-order valence-corrected chi connectivity index (χ2v) is 6.31. The van der Waals surface area contributed by atoms with Crippen LogP contribution in [-0.4, -0.2) is 15.9 Å². The van der Waals surface area contributed by atoms with E-state index < -0.39 is 0 Å². The number of benzene rings is 2. The van der Waals surface area contributed by atoms with Crippen LogP contribution in [-0.2, 0) is 4.79 Å². The van der Waals surface area contributed by atoms with Crippen molar-refractivity contribution in [1.82, 2.24) is 9.97 Å². The molecule has 0 saturated carbocycles. The molecule has 6 heteroatoms. The van der Waals surface area contributed by atoms with Crippen LogP contribution in [0.5, 0.6) is 11.8 Å². The van der Waals surface area contributed by atoms with Crippen LogP contribution < -0.4 is 10.1 Å². The molecule has 5 nitrogen and oxygen atoms in total. The summed E-state index contributed by atoms with van der Waals surface area (Å²) in [4.78, 5) is 20.5. The van der Waals surface area contributed by atoms with Gasteiger partial charge in [0.05, 0.1) is 0 Å². The molecule has 2 aromatic carbocycles. The van der Waals surface area contributed by atoms with Gasteiger partial charge < -0.3 is 10.1 Å².